The summed E-state index contributed by atoms with van der Waals surface area (Å²) < 4.78 is 63.2. The monoisotopic (exact) mass is 337 g/mol. The predicted octanol–water partition coefficient (Wildman–Crippen LogP) is 0.952. The number of carbonyl (C=O) groups is 1. The molecule has 2 rings (SSSR count). The Morgan fingerprint density at radius 3 is 2.41 bits per heavy atom. The summed E-state index contributed by atoms with van der Waals surface area (Å²) in [5.41, 5.74) is -1.17. The molecule has 1 unspecified atom stereocenters. The summed E-state index contributed by atoms with van der Waals surface area (Å²) in [6.45, 7) is 1.73. The number of halogens is 3. The number of sulfonamides is 1. The van der Waals surface area contributed by atoms with Gasteiger partial charge in [0.25, 0.3) is 0 Å². The van der Waals surface area contributed by atoms with Crippen molar-refractivity contribution in [3.05, 3.63) is 24.0 Å². The second-order valence-corrected chi connectivity index (χ2v) is 6.82. The van der Waals surface area contributed by atoms with Crippen LogP contribution < -0.4 is 0 Å². The molecule has 0 radical (unpaired) electrons. The Labute approximate surface area is 125 Å². The number of nitrogens with zero attached hydrogens (tertiary/aromatic N) is 3. The number of alkyl halides is 3. The van der Waals surface area contributed by atoms with E-state index in [4.69, 9.17) is 0 Å². The standard InChI is InChI=1S/C12H14F3N3O3S/c1-8-11(19)17(2)5-6-18(8)22(20,21)9-3-4-10(16-7-9)12(13,14)15/h3-4,7-8H,5-6H2,1-2H3. The summed E-state index contributed by atoms with van der Waals surface area (Å²) in [6.07, 6.45) is -3.98. The van der Waals surface area contributed by atoms with Crippen LogP contribution in [0.2, 0.25) is 0 Å². The van der Waals surface area contributed by atoms with Crippen molar-refractivity contribution in [2.45, 2.75) is 24.0 Å². The first-order valence-corrected chi connectivity index (χ1v) is 7.79. The van der Waals surface area contributed by atoms with Crippen molar-refractivity contribution < 1.29 is 26.4 Å². The zero-order chi connectivity index (χ0) is 16.7. The first-order chi connectivity index (χ1) is 10.0. The molecular weight excluding hydrogens is 323 g/mol. The van der Waals surface area contributed by atoms with Gasteiger partial charge in [-0.05, 0) is 19.1 Å². The van der Waals surface area contributed by atoms with Crippen molar-refractivity contribution in [2.75, 3.05) is 20.1 Å². The van der Waals surface area contributed by atoms with Crippen LogP contribution >= 0.6 is 0 Å². The number of pyridine rings is 1. The molecule has 0 saturated carbocycles. The van der Waals surface area contributed by atoms with E-state index in [1.54, 1.807) is 7.05 Å². The quantitative estimate of drug-likeness (QED) is 0.806. The summed E-state index contributed by atoms with van der Waals surface area (Å²) >= 11 is 0. The molecule has 1 amide bonds. The van der Waals surface area contributed by atoms with Gasteiger partial charge < -0.3 is 4.90 Å². The lowest BCUT2D eigenvalue weighted by atomic mass is 10.2. The molecule has 0 spiro atoms. The van der Waals surface area contributed by atoms with Crippen LogP contribution in [-0.4, -0.2) is 54.7 Å². The average molecular weight is 337 g/mol. The number of amides is 1. The number of aromatic nitrogens is 1. The molecule has 122 valence electrons. The largest absolute Gasteiger partial charge is 0.433 e. The molecule has 1 atom stereocenters. The van der Waals surface area contributed by atoms with E-state index in [1.807, 2.05) is 0 Å². The summed E-state index contributed by atoms with van der Waals surface area (Å²) in [5.74, 6) is -0.366. The van der Waals surface area contributed by atoms with E-state index >= 15 is 0 Å². The molecule has 10 heteroatoms. The Balaban J connectivity index is 2.33. The molecular formula is C12H14F3N3O3S. The average Bonchev–Trinajstić information content (AvgIpc) is 2.44. The third-order valence-corrected chi connectivity index (χ3v) is 5.41. The van der Waals surface area contributed by atoms with E-state index in [0.29, 0.717) is 12.3 Å². The summed E-state index contributed by atoms with van der Waals surface area (Å²) in [6, 6.07) is 0.543. The molecule has 1 aliphatic rings. The molecule has 1 aliphatic heterocycles. The van der Waals surface area contributed by atoms with E-state index in [0.717, 1.165) is 10.4 Å². The highest BCUT2D eigenvalue weighted by molar-refractivity contribution is 7.89. The highest BCUT2D eigenvalue weighted by Gasteiger charge is 2.38. The number of hydrogen-bond donors (Lipinski definition) is 0. The molecule has 0 aliphatic carbocycles. The van der Waals surface area contributed by atoms with E-state index in [9.17, 15) is 26.4 Å². The second kappa shape index (κ2) is 5.51. The van der Waals surface area contributed by atoms with Crippen molar-refractivity contribution in [3.8, 4) is 0 Å². The normalized spacial score (nSPS) is 21.2. The third kappa shape index (κ3) is 2.93. The summed E-state index contributed by atoms with van der Waals surface area (Å²) in [4.78, 5) is 16.0. The van der Waals surface area contributed by atoms with Crippen molar-refractivity contribution >= 4 is 15.9 Å². The van der Waals surface area contributed by atoms with Gasteiger partial charge in [-0.25, -0.2) is 8.42 Å². The highest BCUT2D eigenvalue weighted by atomic mass is 32.2. The first-order valence-electron chi connectivity index (χ1n) is 6.35. The lowest BCUT2D eigenvalue weighted by molar-refractivity contribution is -0.141. The van der Waals surface area contributed by atoms with Gasteiger partial charge in [0, 0.05) is 26.3 Å². The zero-order valence-electron chi connectivity index (χ0n) is 11.8. The van der Waals surface area contributed by atoms with Crippen molar-refractivity contribution in [1.82, 2.24) is 14.2 Å². The highest BCUT2D eigenvalue weighted by Crippen LogP contribution is 2.28. The predicted molar refractivity (Wildman–Crippen MR) is 70.2 cm³/mol. The van der Waals surface area contributed by atoms with Gasteiger partial charge in [0.05, 0.1) is 0 Å². The molecule has 1 aromatic rings. The fraction of sp³-hybridized carbons (Fsp3) is 0.500. The minimum Gasteiger partial charge on any atom is -0.343 e. The molecule has 6 nitrogen and oxygen atoms in total. The van der Waals surface area contributed by atoms with Crippen LogP contribution in [0, 0.1) is 0 Å². The van der Waals surface area contributed by atoms with Gasteiger partial charge >= 0.3 is 6.18 Å². The fourth-order valence-electron chi connectivity index (χ4n) is 2.16. The van der Waals surface area contributed by atoms with E-state index < -0.39 is 27.9 Å². The first kappa shape index (κ1) is 16.7. The Hall–Kier alpha value is -1.68. The van der Waals surface area contributed by atoms with E-state index in [-0.39, 0.29) is 23.9 Å². The van der Waals surface area contributed by atoms with Crippen LogP contribution in [0.4, 0.5) is 13.2 Å². The number of carbonyl (C=O) groups excluding carboxylic acids is 1. The summed E-state index contributed by atoms with van der Waals surface area (Å²) in [7, 11) is -2.52. The minimum atomic E-state index is -4.64. The van der Waals surface area contributed by atoms with Crippen LogP contribution in [0.1, 0.15) is 12.6 Å². The number of rotatable bonds is 2. The maximum atomic E-state index is 12.5. The van der Waals surface area contributed by atoms with Gasteiger partial charge in [-0.1, -0.05) is 0 Å². The van der Waals surface area contributed by atoms with Crippen LogP contribution in [0.15, 0.2) is 23.2 Å². The molecule has 2 heterocycles. The van der Waals surface area contributed by atoms with Crippen molar-refractivity contribution in [2.24, 2.45) is 0 Å². The number of hydrogen-bond acceptors (Lipinski definition) is 4. The molecule has 1 fully saturated rings. The van der Waals surface area contributed by atoms with Crippen molar-refractivity contribution in [3.63, 3.8) is 0 Å². The topological polar surface area (TPSA) is 70.6 Å². The molecule has 0 bridgehead atoms. The maximum Gasteiger partial charge on any atom is 0.433 e. The maximum absolute atomic E-state index is 12.5. The molecule has 1 aromatic heterocycles. The van der Waals surface area contributed by atoms with Crippen LogP contribution in [0.5, 0.6) is 0 Å². The van der Waals surface area contributed by atoms with Crippen LogP contribution in [0.3, 0.4) is 0 Å². The Kier molecular flexibility index (Phi) is 4.18. The number of piperazine rings is 1. The van der Waals surface area contributed by atoms with Gasteiger partial charge in [0.1, 0.15) is 16.6 Å². The lowest BCUT2D eigenvalue weighted by Crippen LogP contribution is -2.56. The Morgan fingerprint density at radius 1 is 1.27 bits per heavy atom. The smallest absolute Gasteiger partial charge is 0.343 e. The van der Waals surface area contributed by atoms with Crippen LogP contribution in [0.25, 0.3) is 0 Å². The van der Waals surface area contributed by atoms with E-state index in [1.165, 1.54) is 11.8 Å². The van der Waals surface area contributed by atoms with Gasteiger partial charge in [0.2, 0.25) is 15.9 Å². The molecule has 0 N–H and O–H groups in total. The second-order valence-electron chi connectivity index (χ2n) is 4.93. The van der Waals surface area contributed by atoms with Gasteiger partial charge in [0.15, 0.2) is 0 Å². The van der Waals surface area contributed by atoms with Gasteiger partial charge in [-0.3, -0.25) is 9.78 Å². The molecule has 1 saturated heterocycles. The minimum absolute atomic E-state index is 0.0762. The van der Waals surface area contributed by atoms with Gasteiger partial charge in [-0.15, -0.1) is 0 Å². The molecule has 0 aromatic carbocycles. The van der Waals surface area contributed by atoms with Crippen LogP contribution in [-0.2, 0) is 21.0 Å². The molecule has 22 heavy (non-hydrogen) atoms. The fourth-order valence-corrected chi connectivity index (χ4v) is 3.68. The van der Waals surface area contributed by atoms with E-state index in [2.05, 4.69) is 4.98 Å². The van der Waals surface area contributed by atoms with Gasteiger partial charge in [-0.2, -0.15) is 17.5 Å². The third-order valence-electron chi connectivity index (χ3n) is 3.45. The Bertz CT molecular complexity index is 673. The Morgan fingerprint density at radius 2 is 1.91 bits per heavy atom. The SMILES string of the molecule is CC1C(=O)N(C)CCN1S(=O)(=O)c1ccc(C(F)(F)F)nc1. The van der Waals surface area contributed by atoms with Crippen molar-refractivity contribution in [1.29, 1.82) is 0 Å². The number of likely N-dealkylation sites (N-methyl/N-ethyl adjacent to an activating group) is 1. The summed E-state index contributed by atoms with van der Waals surface area (Å²) in [5, 5.41) is 0. The zero-order valence-corrected chi connectivity index (χ0v) is 12.6. The lowest BCUT2D eigenvalue weighted by Gasteiger charge is -2.36.